The Balaban J connectivity index is 1.04. The minimum absolute atomic E-state index is 0.316. The Morgan fingerprint density at radius 1 is 0.549 bits per heavy atom. The third-order valence-corrected chi connectivity index (χ3v) is 13.3. The van der Waals surface area contributed by atoms with E-state index in [-0.39, 0.29) is 0 Å². The molecule has 2 radical (unpaired) electrons. The number of aryl methyl sites for hydroxylation is 4. The Hall–Kier alpha value is -4.86. The summed E-state index contributed by atoms with van der Waals surface area (Å²) in [5.74, 6) is 4.63. The van der Waals surface area contributed by atoms with Crippen LogP contribution in [-0.4, -0.2) is 9.52 Å². The first-order valence-corrected chi connectivity index (χ1v) is 20.3. The Morgan fingerprint density at radius 3 is 1.41 bits per heavy atom. The fourth-order valence-corrected chi connectivity index (χ4v) is 11.3. The predicted octanol–water partition coefficient (Wildman–Crippen LogP) is 12.3. The van der Waals surface area contributed by atoms with E-state index in [0.29, 0.717) is 11.8 Å². The molecule has 2 nitrogen and oxygen atoms in total. The maximum Gasteiger partial charge on any atom is 0.130 e. The van der Waals surface area contributed by atoms with Gasteiger partial charge in [-0.2, -0.15) is 0 Å². The number of hydrogen-bond donors (Lipinski definition) is 0. The molecular weight excluding hydrogens is 637 g/mol. The van der Waals surface area contributed by atoms with Crippen molar-refractivity contribution >= 4 is 32.8 Å². The van der Waals surface area contributed by atoms with Gasteiger partial charge in [-0.05, 0) is 168 Å². The molecule has 0 bridgehead atoms. The molecule has 0 saturated heterocycles. The first-order valence-electron chi connectivity index (χ1n) is 18.9. The summed E-state index contributed by atoms with van der Waals surface area (Å²) in [5.41, 5.74) is 20.3. The van der Waals surface area contributed by atoms with E-state index in [0.717, 1.165) is 44.6 Å². The van der Waals surface area contributed by atoms with Gasteiger partial charge in [0.2, 0.25) is 0 Å². The summed E-state index contributed by atoms with van der Waals surface area (Å²) in [7, 11) is 0.782. The summed E-state index contributed by atoms with van der Waals surface area (Å²) in [4.78, 5) is 0. The van der Waals surface area contributed by atoms with Crippen LogP contribution in [0.15, 0.2) is 106 Å². The highest BCUT2D eigenvalue weighted by Crippen LogP contribution is 2.53. The maximum absolute atomic E-state index is 6.39. The topological polar surface area (TPSA) is 26.3 Å². The van der Waals surface area contributed by atoms with Crippen molar-refractivity contribution in [3.8, 4) is 22.3 Å². The molecule has 2 atom stereocenters. The summed E-state index contributed by atoms with van der Waals surface area (Å²) in [6.45, 7) is 4.13. The van der Waals surface area contributed by atoms with Crippen LogP contribution in [0, 0.1) is 13.8 Å². The lowest BCUT2D eigenvalue weighted by atomic mass is 9.87. The van der Waals surface area contributed by atoms with Crippen molar-refractivity contribution in [2.45, 2.75) is 76.3 Å². The van der Waals surface area contributed by atoms with Gasteiger partial charge in [0.1, 0.15) is 23.0 Å². The SMILES string of the molecule is Cc1ccc(C2=Cc3c(cc4c(c3-c3ccccc3)CCC4)C2C[Si]CC2C(c3ccc(C)o3)=Cc3c2cc2c(c3-c3ccccc3)CCC2)o1. The van der Waals surface area contributed by atoms with Crippen LogP contribution in [0.3, 0.4) is 0 Å². The van der Waals surface area contributed by atoms with Gasteiger partial charge in [0.15, 0.2) is 0 Å². The van der Waals surface area contributed by atoms with Crippen LogP contribution >= 0.6 is 0 Å². The smallest absolute Gasteiger partial charge is 0.130 e. The van der Waals surface area contributed by atoms with Crippen LogP contribution in [0.2, 0.25) is 12.1 Å². The second-order valence-electron chi connectivity index (χ2n) is 15.0. The minimum atomic E-state index is 0.316. The molecule has 2 unspecified atom stereocenters. The van der Waals surface area contributed by atoms with Gasteiger partial charge in [-0.25, -0.2) is 0 Å². The van der Waals surface area contributed by atoms with Crippen molar-refractivity contribution in [2.24, 2.45) is 0 Å². The van der Waals surface area contributed by atoms with Crippen LogP contribution in [0.25, 0.3) is 45.6 Å². The maximum atomic E-state index is 6.39. The van der Waals surface area contributed by atoms with Crippen LogP contribution in [-0.2, 0) is 25.7 Å². The monoisotopic (exact) mass is 678 g/mol. The van der Waals surface area contributed by atoms with E-state index < -0.39 is 0 Å². The Labute approximate surface area is 303 Å². The number of fused-ring (bicyclic) bond motifs is 4. The Bertz CT molecular complexity index is 2200. The van der Waals surface area contributed by atoms with E-state index in [4.69, 9.17) is 8.83 Å². The lowest BCUT2D eigenvalue weighted by Gasteiger charge is -2.22. The molecule has 0 spiro atoms. The molecule has 2 aromatic heterocycles. The van der Waals surface area contributed by atoms with Crippen molar-refractivity contribution in [3.63, 3.8) is 0 Å². The summed E-state index contributed by atoms with van der Waals surface area (Å²) in [6, 6.07) is 38.2. The Kier molecular flexibility index (Phi) is 7.53. The second-order valence-corrected chi connectivity index (χ2v) is 16.3. The van der Waals surface area contributed by atoms with E-state index in [1.807, 2.05) is 0 Å². The normalized spacial score (nSPS) is 18.4. The van der Waals surface area contributed by atoms with Crippen molar-refractivity contribution in [2.75, 3.05) is 0 Å². The first-order chi connectivity index (χ1) is 25.1. The fraction of sp³-hybridized carbons (Fsp3) is 0.250. The molecule has 51 heavy (non-hydrogen) atoms. The second kappa shape index (κ2) is 12.4. The van der Waals surface area contributed by atoms with Crippen LogP contribution in [0.4, 0.5) is 0 Å². The van der Waals surface area contributed by atoms with Gasteiger partial charge in [0, 0.05) is 32.5 Å². The average Bonchev–Trinajstić information content (AvgIpc) is 4.01. The van der Waals surface area contributed by atoms with Gasteiger partial charge in [0.05, 0.1) is 0 Å². The third kappa shape index (κ3) is 5.20. The molecular formula is C48H42O2Si. The van der Waals surface area contributed by atoms with Gasteiger partial charge in [0.25, 0.3) is 0 Å². The van der Waals surface area contributed by atoms with Crippen molar-refractivity contribution in [3.05, 3.63) is 165 Å². The highest BCUT2D eigenvalue weighted by molar-refractivity contribution is 6.37. The number of hydrogen-bond acceptors (Lipinski definition) is 2. The zero-order valence-corrected chi connectivity index (χ0v) is 30.5. The van der Waals surface area contributed by atoms with E-state index in [9.17, 15) is 0 Å². The lowest BCUT2D eigenvalue weighted by Crippen LogP contribution is -2.09. The zero-order valence-electron chi connectivity index (χ0n) is 29.5. The van der Waals surface area contributed by atoms with Gasteiger partial charge < -0.3 is 8.83 Å². The standard InChI is InChI=1S/C48H42O2Si/c1-29-19-21-45(49-29)39-25-41-37(23-33-15-9-17-35(33)47(41)31-11-5-3-6-12-31)43(39)27-51-28-44-38-24-34-16-10-18-36(34)48(32-13-7-4-8-14-32)42(38)26-40(44)46-22-20-30(2)50-46/h3-8,11-14,19-26,43-44H,9-10,15-18,27-28H2,1-2H3. The molecule has 6 aromatic rings. The van der Waals surface area contributed by atoms with Gasteiger partial charge in [-0.15, -0.1) is 0 Å². The van der Waals surface area contributed by atoms with Crippen LogP contribution in [0.1, 0.15) is 92.2 Å². The minimum Gasteiger partial charge on any atom is -0.462 e. The largest absolute Gasteiger partial charge is 0.462 e. The quantitative estimate of drug-likeness (QED) is 0.150. The molecule has 0 fully saturated rings. The molecule has 0 aliphatic heterocycles. The third-order valence-electron chi connectivity index (χ3n) is 11.9. The molecule has 0 saturated carbocycles. The molecule has 0 amide bonds. The van der Waals surface area contributed by atoms with Gasteiger partial charge in [-0.3, -0.25) is 0 Å². The van der Waals surface area contributed by atoms with E-state index in [1.165, 1.54) is 94.2 Å². The molecule has 3 heteroatoms. The number of benzene rings is 4. The highest BCUT2D eigenvalue weighted by atomic mass is 28.2. The first kappa shape index (κ1) is 30.9. The molecule has 4 aliphatic rings. The predicted molar refractivity (Wildman–Crippen MR) is 211 cm³/mol. The number of furan rings is 2. The zero-order chi connectivity index (χ0) is 34.1. The van der Waals surface area contributed by atoms with Gasteiger partial charge in [-0.1, -0.05) is 72.8 Å². The highest BCUT2D eigenvalue weighted by Gasteiger charge is 2.36. The lowest BCUT2D eigenvalue weighted by molar-refractivity contribution is 0.518. The van der Waals surface area contributed by atoms with Crippen LogP contribution in [0.5, 0.6) is 0 Å². The average molecular weight is 679 g/mol. The Morgan fingerprint density at radius 2 is 1.00 bits per heavy atom. The molecule has 250 valence electrons. The summed E-state index contributed by atoms with van der Waals surface area (Å²) in [5, 5.41) is 0. The van der Waals surface area contributed by atoms with E-state index in [2.05, 4.69) is 123 Å². The summed E-state index contributed by atoms with van der Waals surface area (Å²) >= 11 is 0. The van der Waals surface area contributed by atoms with E-state index in [1.54, 1.807) is 22.3 Å². The van der Waals surface area contributed by atoms with Crippen molar-refractivity contribution in [1.29, 1.82) is 0 Å². The molecule has 0 N–H and O–H groups in total. The number of allylic oxidation sites excluding steroid dienone is 2. The summed E-state index contributed by atoms with van der Waals surface area (Å²) < 4.78 is 12.8. The van der Waals surface area contributed by atoms with Gasteiger partial charge >= 0.3 is 0 Å². The summed E-state index contributed by atoms with van der Waals surface area (Å²) in [6.07, 6.45) is 12.2. The molecule has 10 rings (SSSR count). The van der Waals surface area contributed by atoms with Crippen molar-refractivity contribution < 1.29 is 8.83 Å². The molecule has 2 heterocycles. The molecule has 4 aromatic carbocycles. The molecule has 4 aliphatic carbocycles. The van der Waals surface area contributed by atoms with E-state index >= 15 is 0 Å². The fourth-order valence-electron chi connectivity index (χ4n) is 9.65. The van der Waals surface area contributed by atoms with Crippen LogP contribution < -0.4 is 0 Å². The number of rotatable bonds is 8. The van der Waals surface area contributed by atoms with Crippen molar-refractivity contribution in [1.82, 2.24) is 0 Å².